The van der Waals surface area contributed by atoms with Crippen LogP contribution in [0.15, 0.2) is 12.1 Å². The largest absolute Gasteiger partial charge is 0.433 e. The molecule has 0 amide bonds. The number of pyridine rings is 1. The summed E-state index contributed by atoms with van der Waals surface area (Å²) in [5, 5.41) is 2.96. The van der Waals surface area contributed by atoms with Crippen molar-refractivity contribution in [3.05, 3.63) is 23.4 Å². The number of rotatable bonds is 6. The highest BCUT2D eigenvalue weighted by atomic mass is 32.1. The van der Waals surface area contributed by atoms with E-state index in [0.717, 1.165) is 25.3 Å². The molecular formula is C13H18F3N3S. The summed E-state index contributed by atoms with van der Waals surface area (Å²) in [6, 6.07) is 2.14. The van der Waals surface area contributed by atoms with Crippen molar-refractivity contribution in [3.63, 3.8) is 0 Å². The number of thiocarbonyl (C=S) groups is 1. The molecule has 1 aromatic heterocycles. The van der Waals surface area contributed by atoms with Crippen LogP contribution in [0.4, 0.5) is 19.0 Å². The number of alkyl halides is 3. The highest BCUT2D eigenvalue weighted by Gasteiger charge is 2.33. The van der Waals surface area contributed by atoms with Gasteiger partial charge in [-0.2, -0.15) is 13.2 Å². The Balaban J connectivity index is 3.03. The van der Waals surface area contributed by atoms with Crippen LogP contribution < -0.4 is 11.1 Å². The van der Waals surface area contributed by atoms with Gasteiger partial charge in [-0.25, -0.2) is 4.98 Å². The highest BCUT2D eigenvalue weighted by Crippen LogP contribution is 2.29. The predicted molar refractivity (Wildman–Crippen MR) is 77.7 cm³/mol. The van der Waals surface area contributed by atoms with Crippen molar-refractivity contribution < 1.29 is 13.2 Å². The number of nitrogens with two attached hydrogens (primary N) is 1. The summed E-state index contributed by atoms with van der Waals surface area (Å²) < 4.78 is 38.1. The van der Waals surface area contributed by atoms with Crippen LogP contribution in [0.25, 0.3) is 0 Å². The number of hydrogen-bond acceptors (Lipinski definition) is 3. The molecule has 0 aliphatic heterocycles. The molecule has 0 saturated heterocycles. The van der Waals surface area contributed by atoms with Crippen LogP contribution in [-0.2, 0) is 6.18 Å². The number of unbranched alkanes of at least 4 members (excludes halogenated alkanes) is 1. The van der Waals surface area contributed by atoms with Gasteiger partial charge in [-0.3, -0.25) is 0 Å². The van der Waals surface area contributed by atoms with Crippen LogP contribution in [0.5, 0.6) is 0 Å². The first-order chi connectivity index (χ1) is 9.25. The molecule has 112 valence electrons. The van der Waals surface area contributed by atoms with Gasteiger partial charge in [-0.15, -0.1) is 0 Å². The van der Waals surface area contributed by atoms with Crippen molar-refractivity contribution >= 4 is 23.0 Å². The van der Waals surface area contributed by atoms with E-state index in [-0.39, 0.29) is 16.8 Å². The van der Waals surface area contributed by atoms with Crippen LogP contribution in [0.1, 0.15) is 44.4 Å². The maximum Gasteiger partial charge on any atom is 0.433 e. The van der Waals surface area contributed by atoms with Crippen LogP contribution in [0, 0.1) is 0 Å². The number of halogens is 3. The summed E-state index contributed by atoms with van der Waals surface area (Å²) in [5.41, 5.74) is 4.89. The molecule has 1 aromatic rings. The lowest BCUT2D eigenvalue weighted by Gasteiger charge is -2.18. The maximum atomic E-state index is 12.7. The van der Waals surface area contributed by atoms with Crippen molar-refractivity contribution in [2.45, 2.75) is 45.3 Å². The second-order valence-corrected chi connectivity index (χ2v) is 5.08. The fourth-order valence-electron chi connectivity index (χ4n) is 1.74. The molecule has 0 bridgehead atoms. The fourth-order valence-corrected chi connectivity index (χ4v) is 1.91. The van der Waals surface area contributed by atoms with E-state index < -0.39 is 11.9 Å². The number of aromatic nitrogens is 1. The molecule has 0 aliphatic carbocycles. The van der Waals surface area contributed by atoms with Crippen LogP contribution in [0.3, 0.4) is 0 Å². The van der Waals surface area contributed by atoms with Crippen LogP contribution in [0.2, 0.25) is 0 Å². The van der Waals surface area contributed by atoms with Gasteiger partial charge in [-0.05, 0) is 25.5 Å². The van der Waals surface area contributed by atoms with E-state index in [0.29, 0.717) is 5.56 Å². The van der Waals surface area contributed by atoms with E-state index in [4.69, 9.17) is 18.0 Å². The van der Waals surface area contributed by atoms with Gasteiger partial charge in [-0.1, -0.05) is 32.0 Å². The summed E-state index contributed by atoms with van der Waals surface area (Å²) in [5.74, 6) is 0.0935. The molecule has 3 nitrogen and oxygen atoms in total. The van der Waals surface area contributed by atoms with Gasteiger partial charge in [0.1, 0.15) is 16.5 Å². The average Bonchev–Trinajstić information content (AvgIpc) is 2.34. The molecule has 7 heteroatoms. The van der Waals surface area contributed by atoms with Gasteiger partial charge in [0.2, 0.25) is 0 Å². The first-order valence-corrected chi connectivity index (χ1v) is 6.81. The Hall–Kier alpha value is -1.37. The zero-order chi connectivity index (χ0) is 15.3. The summed E-state index contributed by atoms with van der Waals surface area (Å²) in [6.45, 7) is 3.94. The second-order valence-electron chi connectivity index (χ2n) is 4.64. The molecule has 0 fully saturated rings. The molecular weight excluding hydrogens is 287 g/mol. The highest BCUT2D eigenvalue weighted by molar-refractivity contribution is 7.80. The maximum absolute atomic E-state index is 12.7. The number of hydrogen-bond donors (Lipinski definition) is 2. The Labute approximate surface area is 121 Å². The minimum absolute atomic E-state index is 0.000895. The van der Waals surface area contributed by atoms with Crippen LogP contribution >= 0.6 is 12.2 Å². The van der Waals surface area contributed by atoms with Gasteiger partial charge in [0, 0.05) is 6.04 Å². The van der Waals surface area contributed by atoms with Gasteiger partial charge < -0.3 is 11.1 Å². The first-order valence-electron chi connectivity index (χ1n) is 6.40. The van der Waals surface area contributed by atoms with E-state index in [1.54, 1.807) is 0 Å². The van der Waals surface area contributed by atoms with E-state index >= 15 is 0 Å². The van der Waals surface area contributed by atoms with Gasteiger partial charge >= 0.3 is 6.18 Å². The third kappa shape index (κ3) is 4.63. The predicted octanol–water partition coefficient (Wildman–Crippen LogP) is 3.73. The van der Waals surface area contributed by atoms with E-state index in [9.17, 15) is 13.2 Å². The van der Waals surface area contributed by atoms with Gasteiger partial charge in [0.05, 0.1) is 5.56 Å². The van der Waals surface area contributed by atoms with Crippen molar-refractivity contribution in [2.24, 2.45) is 5.73 Å². The summed E-state index contributed by atoms with van der Waals surface area (Å²) >= 11 is 4.84. The summed E-state index contributed by atoms with van der Waals surface area (Å²) in [6.07, 6.45) is -1.65. The van der Waals surface area contributed by atoms with Crippen molar-refractivity contribution in [1.82, 2.24) is 4.98 Å². The van der Waals surface area contributed by atoms with E-state index in [1.165, 1.54) is 6.07 Å². The number of nitrogens with one attached hydrogen (secondary N) is 1. The Kier molecular flexibility index (Phi) is 5.74. The van der Waals surface area contributed by atoms with Crippen molar-refractivity contribution in [2.75, 3.05) is 5.32 Å². The van der Waals surface area contributed by atoms with Crippen molar-refractivity contribution in [1.29, 1.82) is 0 Å². The summed E-state index contributed by atoms with van der Waals surface area (Å²) in [4.78, 5) is 3.63. The third-order valence-electron chi connectivity index (χ3n) is 2.82. The first kappa shape index (κ1) is 16.7. The lowest BCUT2D eigenvalue weighted by atomic mass is 10.1. The summed E-state index contributed by atoms with van der Waals surface area (Å²) in [7, 11) is 0. The molecule has 1 atom stereocenters. The monoisotopic (exact) mass is 305 g/mol. The lowest BCUT2D eigenvalue weighted by Crippen LogP contribution is -2.22. The minimum Gasteiger partial charge on any atom is -0.389 e. The zero-order valence-corrected chi connectivity index (χ0v) is 12.2. The smallest absolute Gasteiger partial charge is 0.389 e. The molecule has 1 rings (SSSR count). The Morgan fingerprint density at radius 1 is 1.45 bits per heavy atom. The Bertz CT molecular complexity index is 474. The van der Waals surface area contributed by atoms with Gasteiger partial charge in [0.15, 0.2) is 0 Å². The SMILES string of the molecule is CCCCC(C)Nc1nc(C(F)(F)F)ccc1C(N)=S. The molecule has 1 unspecified atom stereocenters. The van der Waals surface area contributed by atoms with Crippen LogP contribution in [-0.4, -0.2) is 16.0 Å². The normalized spacial score (nSPS) is 13.1. The van der Waals surface area contributed by atoms with E-state index in [1.807, 2.05) is 6.92 Å². The van der Waals surface area contributed by atoms with Crippen molar-refractivity contribution in [3.8, 4) is 0 Å². The molecule has 1 heterocycles. The molecule has 3 N–H and O–H groups in total. The van der Waals surface area contributed by atoms with E-state index in [2.05, 4.69) is 17.2 Å². The zero-order valence-electron chi connectivity index (χ0n) is 11.4. The lowest BCUT2D eigenvalue weighted by molar-refractivity contribution is -0.141. The van der Waals surface area contributed by atoms with Gasteiger partial charge in [0.25, 0.3) is 0 Å². The quantitative estimate of drug-likeness (QED) is 0.786. The fraction of sp³-hybridized carbons (Fsp3) is 0.538. The Morgan fingerprint density at radius 3 is 2.60 bits per heavy atom. The topological polar surface area (TPSA) is 50.9 Å². The number of anilines is 1. The third-order valence-corrected chi connectivity index (χ3v) is 3.04. The molecule has 0 radical (unpaired) electrons. The molecule has 20 heavy (non-hydrogen) atoms. The standard InChI is InChI=1S/C13H18F3N3S/c1-3-4-5-8(2)18-12-9(11(17)20)6-7-10(19-12)13(14,15)16/h6-8H,3-5H2,1-2H3,(H2,17,20)(H,18,19). The Morgan fingerprint density at radius 2 is 2.10 bits per heavy atom. The molecule has 0 aliphatic rings. The molecule has 0 aromatic carbocycles. The second kappa shape index (κ2) is 6.88. The molecule has 0 saturated carbocycles. The average molecular weight is 305 g/mol. The minimum atomic E-state index is -4.49. The molecule has 0 spiro atoms. The number of nitrogens with zero attached hydrogens (tertiary/aromatic N) is 1.